The van der Waals surface area contributed by atoms with E-state index in [0.29, 0.717) is 5.76 Å². The van der Waals surface area contributed by atoms with Crippen molar-refractivity contribution >= 4 is 16.9 Å². The molecule has 112 valence electrons. The Hall–Kier alpha value is -1.81. The summed E-state index contributed by atoms with van der Waals surface area (Å²) in [6.45, 7) is 6.79. The molecule has 1 fully saturated rings. The van der Waals surface area contributed by atoms with Crippen molar-refractivity contribution in [2.75, 3.05) is 19.6 Å². The Labute approximate surface area is 125 Å². The van der Waals surface area contributed by atoms with Gasteiger partial charge in [0.25, 0.3) is 5.91 Å². The summed E-state index contributed by atoms with van der Waals surface area (Å²) in [5, 5.41) is 4.33. The predicted octanol–water partition coefficient (Wildman–Crippen LogP) is 2.96. The third-order valence-corrected chi connectivity index (χ3v) is 4.08. The quantitative estimate of drug-likeness (QED) is 0.940. The molecule has 0 aliphatic carbocycles. The molecule has 1 atom stereocenters. The number of aryl methyl sites for hydroxylation is 1. The van der Waals surface area contributed by atoms with Gasteiger partial charge in [0, 0.05) is 24.5 Å². The molecule has 1 amide bonds. The maximum Gasteiger partial charge on any atom is 0.289 e. The lowest BCUT2D eigenvalue weighted by Crippen LogP contribution is -2.41. The lowest BCUT2D eigenvalue weighted by molar-refractivity contribution is 0.0662. The Morgan fingerprint density at radius 2 is 2.29 bits per heavy atom. The summed E-state index contributed by atoms with van der Waals surface area (Å²) in [4.78, 5) is 14.7. The van der Waals surface area contributed by atoms with E-state index in [4.69, 9.17) is 4.42 Å². The first-order valence-electron chi connectivity index (χ1n) is 7.71. The van der Waals surface area contributed by atoms with Crippen molar-refractivity contribution in [2.45, 2.75) is 32.7 Å². The van der Waals surface area contributed by atoms with Crippen LogP contribution in [-0.2, 0) is 0 Å². The van der Waals surface area contributed by atoms with Gasteiger partial charge in [0.05, 0.1) is 0 Å². The van der Waals surface area contributed by atoms with Gasteiger partial charge in [-0.05, 0) is 44.5 Å². The molecule has 0 spiro atoms. The molecular formula is C17H22N2O2. The minimum atomic E-state index is 0.0133. The van der Waals surface area contributed by atoms with Crippen LogP contribution in [0.15, 0.2) is 28.7 Å². The molecule has 1 aliphatic heterocycles. The zero-order valence-electron chi connectivity index (χ0n) is 12.7. The van der Waals surface area contributed by atoms with E-state index in [0.717, 1.165) is 43.4 Å². The Balaban J connectivity index is 1.89. The van der Waals surface area contributed by atoms with Crippen molar-refractivity contribution < 1.29 is 9.21 Å². The average Bonchev–Trinajstić information content (AvgIpc) is 3.12. The largest absolute Gasteiger partial charge is 0.451 e. The highest BCUT2D eigenvalue weighted by Crippen LogP contribution is 2.23. The number of amides is 1. The van der Waals surface area contributed by atoms with E-state index in [9.17, 15) is 4.79 Å². The first-order chi connectivity index (χ1) is 10.2. The summed E-state index contributed by atoms with van der Waals surface area (Å²) in [7, 11) is 0. The summed E-state index contributed by atoms with van der Waals surface area (Å²) in [5.74, 6) is 0.468. The molecular weight excluding hydrogens is 264 g/mol. The van der Waals surface area contributed by atoms with Gasteiger partial charge in [-0.3, -0.25) is 4.79 Å². The Kier molecular flexibility index (Phi) is 3.97. The molecule has 1 aromatic carbocycles. The fraction of sp³-hybridized carbons (Fsp3) is 0.471. The van der Waals surface area contributed by atoms with E-state index in [2.05, 4.69) is 18.3 Å². The van der Waals surface area contributed by atoms with Crippen molar-refractivity contribution in [3.63, 3.8) is 0 Å². The molecule has 21 heavy (non-hydrogen) atoms. The molecule has 2 aromatic rings. The van der Waals surface area contributed by atoms with Crippen LogP contribution in [0.3, 0.4) is 0 Å². The number of fused-ring (bicyclic) bond motifs is 1. The molecule has 1 saturated heterocycles. The number of hydrogen-bond donors (Lipinski definition) is 1. The highest BCUT2D eigenvalue weighted by atomic mass is 16.3. The van der Waals surface area contributed by atoms with Gasteiger partial charge in [-0.1, -0.05) is 18.6 Å². The zero-order valence-corrected chi connectivity index (χ0v) is 12.7. The number of carbonyl (C=O) groups is 1. The molecule has 3 rings (SSSR count). The van der Waals surface area contributed by atoms with Crippen LogP contribution < -0.4 is 5.32 Å². The van der Waals surface area contributed by atoms with Crippen molar-refractivity contribution in [1.29, 1.82) is 0 Å². The topological polar surface area (TPSA) is 45.5 Å². The summed E-state index contributed by atoms with van der Waals surface area (Å²) in [6.07, 6.45) is 1.98. The van der Waals surface area contributed by atoms with Gasteiger partial charge in [-0.25, -0.2) is 0 Å². The molecule has 4 nitrogen and oxygen atoms in total. The maximum absolute atomic E-state index is 12.8. The fourth-order valence-corrected chi connectivity index (χ4v) is 3.01. The van der Waals surface area contributed by atoms with Crippen LogP contribution in [0.4, 0.5) is 0 Å². The number of rotatable bonds is 4. The van der Waals surface area contributed by atoms with Gasteiger partial charge < -0.3 is 14.6 Å². The van der Waals surface area contributed by atoms with Gasteiger partial charge in [0.1, 0.15) is 5.58 Å². The standard InChI is InChI=1S/C17H22N2O2/c1-3-8-19(14-6-7-18-11-14)17(20)16-10-13-9-12(2)4-5-15(13)21-16/h4-5,9-10,14,18H,3,6-8,11H2,1-2H3. The summed E-state index contributed by atoms with van der Waals surface area (Å²) in [6, 6.07) is 8.15. The second kappa shape index (κ2) is 5.90. The van der Waals surface area contributed by atoms with Crippen molar-refractivity contribution in [2.24, 2.45) is 0 Å². The third kappa shape index (κ3) is 2.81. The molecule has 1 unspecified atom stereocenters. The van der Waals surface area contributed by atoms with Crippen LogP contribution in [0.1, 0.15) is 35.9 Å². The van der Waals surface area contributed by atoms with E-state index in [1.54, 1.807) is 0 Å². The van der Waals surface area contributed by atoms with E-state index in [1.807, 2.05) is 30.0 Å². The molecule has 4 heteroatoms. The van der Waals surface area contributed by atoms with Crippen LogP contribution >= 0.6 is 0 Å². The molecule has 0 bridgehead atoms. The molecule has 0 radical (unpaired) electrons. The highest BCUT2D eigenvalue weighted by Gasteiger charge is 2.28. The smallest absolute Gasteiger partial charge is 0.289 e. The Morgan fingerprint density at radius 1 is 1.43 bits per heavy atom. The normalized spacial score (nSPS) is 18.3. The zero-order chi connectivity index (χ0) is 14.8. The SMILES string of the molecule is CCCN(C(=O)c1cc2cc(C)ccc2o1)C1CCNC1. The van der Waals surface area contributed by atoms with E-state index >= 15 is 0 Å². The lowest BCUT2D eigenvalue weighted by atomic mass is 10.1. The molecule has 0 saturated carbocycles. The number of furan rings is 1. The minimum Gasteiger partial charge on any atom is -0.451 e. The van der Waals surface area contributed by atoms with Crippen LogP contribution in [0.25, 0.3) is 11.0 Å². The molecule has 1 aromatic heterocycles. The van der Waals surface area contributed by atoms with Crippen molar-refractivity contribution in [3.05, 3.63) is 35.6 Å². The Morgan fingerprint density at radius 3 is 3.00 bits per heavy atom. The van der Waals surface area contributed by atoms with Gasteiger partial charge in [0.2, 0.25) is 0 Å². The lowest BCUT2D eigenvalue weighted by Gasteiger charge is -2.27. The maximum atomic E-state index is 12.8. The second-order valence-electron chi connectivity index (χ2n) is 5.80. The molecule has 1 aliphatic rings. The van der Waals surface area contributed by atoms with Gasteiger partial charge in [-0.2, -0.15) is 0 Å². The second-order valence-corrected chi connectivity index (χ2v) is 5.80. The van der Waals surface area contributed by atoms with Crippen LogP contribution in [0.5, 0.6) is 0 Å². The van der Waals surface area contributed by atoms with Gasteiger partial charge >= 0.3 is 0 Å². The van der Waals surface area contributed by atoms with Crippen LogP contribution in [0, 0.1) is 6.92 Å². The summed E-state index contributed by atoms with van der Waals surface area (Å²) in [5.41, 5.74) is 1.96. The summed E-state index contributed by atoms with van der Waals surface area (Å²) >= 11 is 0. The van der Waals surface area contributed by atoms with Crippen molar-refractivity contribution in [3.8, 4) is 0 Å². The molecule has 2 heterocycles. The number of hydrogen-bond acceptors (Lipinski definition) is 3. The monoisotopic (exact) mass is 286 g/mol. The number of nitrogens with one attached hydrogen (secondary N) is 1. The van der Waals surface area contributed by atoms with E-state index in [-0.39, 0.29) is 11.9 Å². The highest BCUT2D eigenvalue weighted by molar-refractivity contribution is 5.96. The van der Waals surface area contributed by atoms with E-state index < -0.39 is 0 Å². The fourth-order valence-electron chi connectivity index (χ4n) is 3.01. The van der Waals surface area contributed by atoms with Crippen LogP contribution in [0.2, 0.25) is 0 Å². The summed E-state index contributed by atoms with van der Waals surface area (Å²) < 4.78 is 5.76. The van der Waals surface area contributed by atoms with Crippen molar-refractivity contribution in [1.82, 2.24) is 10.2 Å². The Bertz CT molecular complexity index is 641. The van der Waals surface area contributed by atoms with Crippen LogP contribution in [-0.4, -0.2) is 36.5 Å². The number of nitrogens with zero attached hydrogens (tertiary/aromatic N) is 1. The van der Waals surface area contributed by atoms with Gasteiger partial charge in [0.15, 0.2) is 5.76 Å². The average molecular weight is 286 g/mol. The number of benzene rings is 1. The molecule has 1 N–H and O–H groups in total. The minimum absolute atomic E-state index is 0.0133. The predicted molar refractivity (Wildman–Crippen MR) is 83.6 cm³/mol. The number of carbonyl (C=O) groups excluding carboxylic acids is 1. The first kappa shape index (κ1) is 14.1. The van der Waals surface area contributed by atoms with Gasteiger partial charge in [-0.15, -0.1) is 0 Å². The van der Waals surface area contributed by atoms with E-state index in [1.165, 1.54) is 5.56 Å². The third-order valence-electron chi connectivity index (χ3n) is 4.08. The first-order valence-corrected chi connectivity index (χ1v) is 7.71.